The Morgan fingerprint density at radius 1 is 1.37 bits per heavy atom. The van der Waals surface area contributed by atoms with Gasteiger partial charge < -0.3 is 5.32 Å². The molecule has 0 fully saturated rings. The van der Waals surface area contributed by atoms with Crippen LogP contribution in [0.1, 0.15) is 12.8 Å². The van der Waals surface area contributed by atoms with Crippen LogP contribution < -0.4 is 10.0 Å². The molecule has 0 aromatic heterocycles. The van der Waals surface area contributed by atoms with Crippen molar-refractivity contribution >= 4 is 50.5 Å². The summed E-state index contributed by atoms with van der Waals surface area (Å²) in [6, 6.07) is 4.53. The second-order valence-electron chi connectivity index (χ2n) is 3.91. The Morgan fingerprint density at radius 3 is 2.58 bits per heavy atom. The maximum atomic E-state index is 11.5. The Balaban J connectivity index is 2.74. The number of halogens is 2. The molecule has 8 heteroatoms. The number of nitrogens with one attached hydrogen (secondary N) is 2. The molecule has 0 unspecified atom stereocenters. The van der Waals surface area contributed by atoms with Crippen molar-refractivity contribution < 1.29 is 13.2 Å². The number of hydrogen-bond donors (Lipinski definition) is 2. The zero-order valence-electron chi connectivity index (χ0n) is 10.2. The smallest absolute Gasteiger partial charge is 0.229 e. The first-order valence-electron chi connectivity index (χ1n) is 5.45. The van der Waals surface area contributed by atoms with E-state index in [1.54, 1.807) is 6.07 Å². The Hall–Kier alpha value is -0.980. The van der Waals surface area contributed by atoms with Gasteiger partial charge in [0, 0.05) is 18.0 Å². The molecule has 0 atom stereocenters. The fourth-order valence-electron chi connectivity index (χ4n) is 1.33. The normalized spacial score (nSPS) is 11.1. The number of hydrogen-bond acceptors (Lipinski definition) is 3. The molecule has 1 aromatic rings. The van der Waals surface area contributed by atoms with Crippen molar-refractivity contribution in [3.8, 4) is 0 Å². The second kappa shape index (κ2) is 6.98. The lowest BCUT2D eigenvalue weighted by atomic mass is 10.2. The van der Waals surface area contributed by atoms with Crippen molar-refractivity contribution in [2.45, 2.75) is 12.8 Å². The van der Waals surface area contributed by atoms with Crippen LogP contribution in [-0.4, -0.2) is 26.5 Å². The van der Waals surface area contributed by atoms with Gasteiger partial charge in [-0.3, -0.25) is 9.52 Å². The minimum Gasteiger partial charge on any atom is -0.326 e. The highest BCUT2D eigenvalue weighted by atomic mass is 35.5. The van der Waals surface area contributed by atoms with Crippen LogP contribution in [0.4, 0.5) is 11.4 Å². The summed E-state index contributed by atoms with van der Waals surface area (Å²) in [5, 5.41) is 2.86. The zero-order chi connectivity index (χ0) is 14.5. The second-order valence-corrected chi connectivity index (χ2v) is 6.44. The van der Waals surface area contributed by atoms with E-state index in [2.05, 4.69) is 10.0 Å². The molecule has 0 spiro atoms. The third kappa shape index (κ3) is 6.13. The molecule has 0 bridgehead atoms. The van der Waals surface area contributed by atoms with E-state index in [0.29, 0.717) is 24.4 Å². The van der Waals surface area contributed by atoms with E-state index >= 15 is 0 Å². The maximum Gasteiger partial charge on any atom is 0.229 e. The molecule has 2 N–H and O–H groups in total. The number of benzene rings is 1. The van der Waals surface area contributed by atoms with Crippen molar-refractivity contribution in [1.29, 1.82) is 0 Å². The van der Waals surface area contributed by atoms with E-state index in [-0.39, 0.29) is 16.6 Å². The molecule has 1 amide bonds. The highest BCUT2D eigenvalue weighted by Gasteiger charge is 2.08. The molecule has 0 heterocycles. The van der Waals surface area contributed by atoms with Gasteiger partial charge in [-0.2, -0.15) is 0 Å². The van der Waals surface area contributed by atoms with Crippen LogP contribution in [0.15, 0.2) is 18.2 Å². The van der Waals surface area contributed by atoms with Gasteiger partial charge in [-0.25, -0.2) is 8.42 Å². The van der Waals surface area contributed by atoms with E-state index in [4.69, 9.17) is 23.2 Å². The summed E-state index contributed by atoms with van der Waals surface area (Å²) in [5.74, 6) is 0.256. The molecule has 1 aromatic carbocycles. The molecule has 0 aliphatic heterocycles. The standard InChI is InChI=1S/C11H14Cl2N2O3S/c1-19(17,18)15-10-5-4-8(7-9(10)13)14-11(16)3-2-6-12/h4-5,7,15H,2-3,6H2,1H3,(H,14,16). The summed E-state index contributed by atoms with van der Waals surface area (Å²) in [6.07, 6.45) is 1.95. The molecule has 5 nitrogen and oxygen atoms in total. The van der Waals surface area contributed by atoms with E-state index in [9.17, 15) is 13.2 Å². The van der Waals surface area contributed by atoms with Gasteiger partial charge in [0.25, 0.3) is 0 Å². The highest BCUT2D eigenvalue weighted by molar-refractivity contribution is 7.92. The number of sulfonamides is 1. The summed E-state index contributed by atoms with van der Waals surface area (Å²) in [5.41, 5.74) is 0.770. The molecule has 0 radical (unpaired) electrons. The number of amides is 1. The monoisotopic (exact) mass is 324 g/mol. The fraction of sp³-hybridized carbons (Fsp3) is 0.364. The molecule has 19 heavy (non-hydrogen) atoms. The number of alkyl halides is 1. The summed E-state index contributed by atoms with van der Waals surface area (Å²) in [4.78, 5) is 11.5. The van der Waals surface area contributed by atoms with Gasteiger partial charge in [0.15, 0.2) is 0 Å². The lowest BCUT2D eigenvalue weighted by Crippen LogP contribution is -2.12. The average molecular weight is 325 g/mol. The lowest BCUT2D eigenvalue weighted by Gasteiger charge is -2.09. The number of rotatable bonds is 6. The molecule has 0 saturated carbocycles. The van der Waals surface area contributed by atoms with E-state index in [1.165, 1.54) is 12.1 Å². The molecule has 0 aliphatic carbocycles. The molecular formula is C11H14Cl2N2O3S. The first-order valence-corrected chi connectivity index (χ1v) is 8.25. The van der Waals surface area contributed by atoms with Crippen LogP contribution in [-0.2, 0) is 14.8 Å². The van der Waals surface area contributed by atoms with Crippen molar-refractivity contribution in [2.24, 2.45) is 0 Å². The van der Waals surface area contributed by atoms with Gasteiger partial charge in [-0.1, -0.05) is 11.6 Å². The van der Waals surface area contributed by atoms with Crippen LogP contribution in [0.3, 0.4) is 0 Å². The lowest BCUT2D eigenvalue weighted by molar-refractivity contribution is -0.116. The van der Waals surface area contributed by atoms with Crippen molar-refractivity contribution in [3.63, 3.8) is 0 Å². The van der Waals surface area contributed by atoms with Gasteiger partial charge in [-0.05, 0) is 24.6 Å². The van der Waals surface area contributed by atoms with Crippen LogP contribution in [0.25, 0.3) is 0 Å². The molecule has 106 valence electrons. The molecular weight excluding hydrogens is 311 g/mol. The van der Waals surface area contributed by atoms with Crippen LogP contribution in [0.2, 0.25) is 5.02 Å². The van der Waals surface area contributed by atoms with Crippen LogP contribution in [0.5, 0.6) is 0 Å². The van der Waals surface area contributed by atoms with Gasteiger partial charge in [-0.15, -0.1) is 11.6 Å². The minimum atomic E-state index is -3.38. The Kier molecular flexibility index (Phi) is 5.90. The maximum absolute atomic E-state index is 11.5. The summed E-state index contributed by atoms with van der Waals surface area (Å²) < 4.78 is 24.4. The first-order chi connectivity index (χ1) is 8.81. The van der Waals surface area contributed by atoms with Gasteiger partial charge in [0.2, 0.25) is 15.9 Å². The number of carbonyl (C=O) groups is 1. The van der Waals surface area contributed by atoms with E-state index in [0.717, 1.165) is 6.26 Å². The topological polar surface area (TPSA) is 75.3 Å². The van der Waals surface area contributed by atoms with Crippen molar-refractivity contribution in [2.75, 3.05) is 22.2 Å². The van der Waals surface area contributed by atoms with Gasteiger partial charge >= 0.3 is 0 Å². The Morgan fingerprint density at radius 2 is 2.05 bits per heavy atom. The predicted molar refractivity (Wildman–Crippen MR) is 78.5 cm³/mol. The summed E-state index contributed by atoms with van der Waals surface area (Å²) in [7, 11) is -3.38. The third-order valence-corrected chi connectivity index (χ3v) is 3.26. The van der Waals surface area contributed by atoms with Crippen molar-refractivity contribution in [1.82, 2.24) is 0 Å². The average Bonchev–Trinajstić information content (AvgIpc) is 2.28. The number of carbonyl (C=O) groups excluding carboxylic acids is 1. The molecule has 1 rings (SSSR count). The summed E-state index contributed by atoms with van der Waals surface area (Å²) in [6.45, 7) is 0. The van der Waals surface area contributed by atoms with Gasteiger partial charge in [0.1, 0.15) is 0 Å². The summed E-state index contributed by atoms with van der Waals surface area (Å²) >= 11 is 11.4. The van der Waals surface area contributed by atoms with Crippen LogP contribution >= 0.6 is 23.2 Å². The Labute approximate surface area is 122 Å². The fourth-order valence-corrected chi connectivity index (χ4v) is 2.32. The predicted octanol–water partition coefficient (Wildman–Crippen LogP) is 2.67. The zero-order valence-corrected chi connectivity index (χ0v) is 12.6. The first kappa shape index (κ1) is 16.1. The Bertz CT molecular complexity index is 561. The molecule has 0 aliphatic rings. The highest BCUT2D eigenvalue weighted by Crippen LogP contribution is 2.26. The third-order valence-electron chi connectivity index (χ3n) is 2.09. The largest absolute Gasteiger partial charge is 0.326 e. The quantitative estimate of drug-likeness (QED) is 0.790. The SMILES string of the molecule is CS(=O)(=O)Nc1ccc(NC(=O)CCCCl)cc1Cl. The molecule has 0 saturated heterocycles. The number of anilines is 2. The van der Waals surface area contributed by atoms with E-state index < -0.39 is 10.0 Å². The van der Waals surface area contributed by atoms with E-state index in [1.807, 2.05) is 0 Å². The van der Waals surface area contributed by atoms with Gasteiger partial charge in [0.05, 0.1) is 17.0 Å². The minimum absolute atomic E-state index is 0.166. The van der Waals surface area contributed by atoms with Crippen LogP contribution in [0, 0.1) is 0 Å². The van der Waals surface area contributed by atoms with Crippen molar-refractivity contribution in [3.05, 3.63) is 23.2 Å².